The number of allylic oxidation sites excluding steroid dienone is 4. The Kier molecular flexibility index (Phi) is 14.1. The molecule has 0 N–H and O–H groups in total. The van der Waals surface area contributed by atoms with Crippen molar-refractivity contribution in [2.75, 3.05) is 7.11 Å². The Morgan fingerprint density at radius 3 is 2.18 bits per heavy atom. The summed E-state index contributed by atoms with van der Waals surface area (Å²) in [6.45, 7) is 8.05. The third-order valence-corrected chi connectivity index (χ3v) is 1.09. The van der Waals surface area contributed by atoms with Crippen LogP contribution in [0.4, 0.5) is 0 Å². The first-order valence-electron chi connectivity index (χ1n) is 4.21. The molecular weight excluding hydrogens is 136 g/mol. The van der Waals surface area contributed by atoms with Crippen LogP contribution in [-0.2, 0) is 4.74 Å². The zero-order valence-electron chi connectivity index (χ0n) is 8.35. The van der Waals surface area contributed by atoms with Gasteiger partial charge in [0, 0.05) is 6.42 Å². The quantitative estimate of drug-likeness (QED) is 0.448. The van der Waals surface area contributed by atoms with E-state index in [1.165, 1.54) is 0 Å². The maximum Gasteiger partial charge on any atom is 0.0952 e. The van der Waals surface area contributed by atoms with Crippen LogP contribution in [0.5, 0.6) is 0 Å². The fourth-order valence-corrected chi connectivity index (χ4v) is 0.534. The normalized spacial score (nSPS) is 10.8. The third kappa shape index (κ3) is 9.28. The van der Waals surface area contributed by atoms with Crippen LogP contribution in [0.15, 0.2) is 24.0 Å². The Labute approximate surface area is 70.8 Å². The molecule has 0 atom stereocenters. The first kappa shape index (κ1) is 12.9. The van der Waals surface area contributed by atoms with E-state index in [0.717, 1.165) is 12.2 Å². The maximum absolute atomic E-state index is 5.01. The lowest BCUT2D eigenvalue weighted by Crippen LogP contribution is -1.81. The minimum absolute atomic E-state index is 0.959. The molecule has 1 heteroatoms. The standard InChI is InChI=1S/C8H14O.C2H6/c1-4-6-7-8(5-2)9-3;1-2/h4,6-7H,5H2,1-3H3;1-2H3/b6-4-,8-7+;. The minimum Gasteiger partial charge on any atom is -0.501 e. The molecule has 1 nitrogen and oxygen atoms in total. The van der Waals surface area contributed by atoms with Crippen molar-refractivity contribution in [2.45, 2.75) is 34.1 Å². The van der Waals surface area contributed by atoms with Gasteiger partial charge in [0.2, 0.25) is 0 Å². The van der Waals surface area contributed by atoms with Gasteiger partial charge in [-0.2, -0.15) is 0 Å². The molecule has 0 fully saturated rings. The average molecular weight is 156 g/mol. The molecule has 66 valence electrons. The van der Waals surface area contributed by atoms with Gasteiger partial charge >= 0.3 is 0 Å². The van der Waals surface area contributed by atoms with Crippen LogP contribution in [0, 0.1) is 0 Å². The van der Waals surface area contributed by atoms with Gasteiger partial charge < -0.3 is 4.74 Å². The third-order valence-electron chi connectivity index (χ3n) is 1.09. The van der Waals surface area contributed by atoms with Crippen LogP contribution < -0.4 is 0 Å². The molecule has 0 aliphatic rings. The molecule has 0 saturated heterocycles. The second-order valence-electron chi connectivity index (χ2n) is 1.72. The Morgan fingerprint density at radius 1 is 1.36 bits per heavy atom. The van der Waals surface area contributed by atoms with Gasteiger partial charge in [0.1, 0.15) is 0 Å². The van der Waals surface area contributed by atoms with Crippen molar-refractivity contribution in [3.05, 3.63) is 24.0 Å². The summed E-state index contributed by atoms with van der Waals surface area (Å²) in [6.07, 6.45) is 6.89. The molecule has 0 radical (unpaired) electrons. The van der Waals surface area contributed by atoms with Crippen LogP contribution in [-0.4, -0.2) is 7.11 Å². The monoisotopic (exact) mass is 156 g/mol. The van der Waals surface area contributed by atoms with Crippen LogP contribution in [0.1, 0.15) is 34.1 Å². The van der Waals surface area contributed by atoms with E-state index in [4.69, 9.17) is 4.74 Å². The largest absolute Gasteiger partial charge is 0.501 e. The van der Waals surface area contributed by atoms with E-state index in [-0.39, 0.29) is 0 Å². The molecule has 0 aromatic heterocycles. The second-order valence-corrected chi connectivity index (χ2v) is 1.72. The molecule has 0 rings (SSSR count). The van der Waals surface area contributed by atoms with Gasteiger partial charge in [-0.15, -0.1) is 0 Å². The van der Waals surface area contributed by atoms with Gasteiger partial charge in [-0.3, -0.25) is 0 Å². The smallest absolute Gasteiger partial charge is 0.0952 e. The molecule has 0 saturated carbocycles. The SMILES string of the molecule is C/C=C\C=C(/CC)OC.CC. The zero-order valence-corrected chi connectivity index (χ0v) is 8.35. The Bertz CT molecular complexity index is 106. The highest BCUT2D eigenvalue weighted by Crippen LogP contribution is 1.99. The molecule has 0 spiro atoms. The molecule has 0 aromatic rings. The highest BCUT2D eigenvalue weighted by atomic mass is 16.5. The molecule has 0 aromatic carbocycles. The van der Waals surface area contributed by atoms with E-state index in [1.807, 2.05) is 39.0 Å². The summed E-state index contributed by atoms with van der Waals surface area (Å²) in [5, 5.41) is 0. The summed E-state index contributed by atoms with van der Waals surface area (Å²) in [5.41, 5.74) is 0. The van der Waals surface area contributed by atoms with E-state index in [9.17, 15) is 0 Å². The lowest BCUT2D eigenvalue weighted by atomic mass is 10.3. The highest BCUT2D eigenvalue weighted by Gasteiger charge is 1.84. The minimum atomic E-state index is 0.959. The summed E-state index contributed by atoms with van der Waals surface area (Å²) in [7, 11) is 1.69. The summed E-state index contributed by atoms with van der Waals surface area (Å²) in [6, 6.07) is 0. The number of rotatable bonds is 3. The lowest BCUT2D eigenvalue weighted by molar-refractivity contribution is 0.281. The molecular formula is C10H20O. The van der Waals surface area contributed by atoms with E-state index in [2.05, 4.69) is 6.92 Å². The van der Waals surface area contributed by atoms with Gasteiger partial charge in [-0.25, -0.2) is 0 Å². The first-order chi connectivity index (χ1) is 5.35. The van der Waals surface area contributed by atoms with Crippen LogP contribution in [0.2, 0.25) is 0 Å². The van der Waals surface area contributed by atoms with Crippen molar-refractivity contribution in [1.29, 1.82) is 0 Å². The van der Waals surface area contributed by atoms with Crippen molar-refractivity contribution in [2.24, 2.45) is 0 Å². The summed E-state index contributed by atoms with van der Waals surface area (Å²) < 4.78 is 5.01. The number of ether oxygens (including phenoxy) is 1. The van der Waals surface area contributed by atoms with Crippen LogP contribution in [0.25, 0.3) is 0 Å². The van der Waals surface area contributed by atoms with Crippen LogP contribution in [0.3, 0.4) is 0 Å². The van der Waals surface area contributed by atoms with E-state index in [1.54, 1.807) is 7.11 Å². The van der Waals surface area contributed by atoms with E-state index >= 15 is 0 Å². The zero-order chi connectivity index (χ0) is 9.11. The van der Waals surface area contributed by atoms with Crippen LogP contribution >= 0.6 is 0 Å². The highest BCUT2D eigenvalue weighted by molar-refractivity contribution is 5.06. The number of methoxy groups -OCH3 is 1. The molecule has 0 aliphatic carbocycles. The van der Waals surface area contributed by atoms with Crippen molar-refractivity contribution in [1.82, 2.24) is 0 Å². The summed E-state index contributed by atoms with van der Waals surface area (Å²) in [5.74, 6) is 1.02. The molecule has 0 amide bonds. The summed E-state index contributed by atoms with van der Waals surface area (Å²) >= 11 is 0. The Hall–Kier alpha value is -0.720. The molecule has 0 unspecified atom stereocenters. The van der Waals surface area contributed by atoms with Gasteiger partial charge in [0.05, 0.1) is 12.9 Å². The molecule has 0 heterocycles. The van der Waals surface area contributed by atoms with E-state index in [0.29, 0.717) is 0 Å². The molecule has 0 aliphatic heterocycles. The number of hydrogen-bond acceptors (Lipinski definition) is 1. The first-order valence-corrected chi connectivity index (χ1v) is 4.21. The Morgan fingerprint density at radius 2 is 1.91 bits per heavy atom. The topological polar surface area (TPSA) is 9.23 Å². The van der Waals surface area contributed by atoms with E-state index < -0.39 is 0 Å². The predicted molar refractivity (Wildman–Crippen MR) is 51.5 cm³/mol. The van der Waals surface area contributed by atoms with Crippen molar-refractivity contribution in [3.63, 3.8) is 0 Å². The fourth-order valence-electron chi connectivity index (χ4n) is 0.534. The van der Waals surface area contributed by atoms with Gasteiger partial charge in [0.25, 0.3) is 0 Å². The van der Waals surface area contributed by atoms with Gasteiger partial charge in [0.15, 0.2) is 0 Å². The van der Waals surface area contributed by atoms with Crippen molar-refractivity contribution in [3.8, 4) is 0 Å². The summed E-state index contributed by atoms with van der Waals surface area (Å²) in [4.78, 5) is 0. The molecule has 0 bridgehead atoms. The maximum atomic E-state index is 5.01. The van der Waals surface area contributed by atoms with Gasteiger partial charge in [-0.05, 0) is 13.0 Å². The van der Waals surface area contributed by atoms with Crippen molar-refractivity contribution >= 4 is 0 Å². The fraction of sp³-hybridized carbons (Fsp3) is 0.600. The second kappa shape index (κ2) is 12.0. The Balaban J connectivity index is 0. The average Bonchev–Trinajstić information content (AvgIpc) is 2.10. The predicted octanol–water partition coefficient (Wildman–Crippen LogP) is 3.53. The van der Waals surface area contributed by atoms with Crippen molar-refractivity contribution < 1.29 is 4.74 Å². The van der Waals surface area contributed by atoms with Gasteiger partial charge in [-0.1, -0.05) is 32.9 Å². The molecule has 11 heavy (non-hydrogen) atoms. The number of hydrogen-bond donors (Lipinski definition) is 0. The lowest BCUT2D eigenvalue weighted by Gasteiger charge is -1.98.